The van der Waals surface area contributed by atoms with Gasteiger partial charge in [0, 0.05) is 18.9 Å². The van der Waals surface area contributed by atoms with Crippen LogP contribution < -0.4 is 0 Å². The van der Waals surface area contributed by atoms with Crippen molar-refractivity contribution in [3.8, 4) is 0 Å². The van der Waals surface area contributed by atoms with Gasteiger partial charge in [-0.3, -0.25) is 14.7 Å². The van der Waals surface area contributed by atoms with Crippen LogP contribution in [0.4, 0.5) is 0 Å². The number of halogens is 1. The molecule has 1 amide bonds. The monoisotopic (exact) mass is 256 g/mol. The molecule has 1 aromatic rings. The molecule has 0 aromatic carbocycles. The van der Waals surface area contributed by atoms with Crippen LogP contribution in [0.5, 0.6) is 0 Å². The molecule has 1 aliphatic rings. The molecule has 0 saturated carbocycles. The SMILES string of the molecule is CSC1=NCCN1C(=O)c1nccnc1Cl. The van der Waals surface area contributed by atoms with Crippen LogP contribution in [-0.4, -0.2) is 45.3 Å². The van der Waals surface area contributed by atoms with Crippen molar-refractivity contribution < 1.29 is 4.79 Å². The van der Waals surface area contributed by atoms with Crippen molar-refractivity contribution in [2.24, 2.45) is 4.99 Å². The minimum absolute atomic E-state index is 0.125. The van der Waals surface area contributed by atoms with Gasteiger partial charge in [0.05, 0.1) is 6.54 Å². The third-order valence-corrected chi connectivity index (χ3v) is 3.08. The van der Waals surface area contributed by atoms with Crippen molar-refractivity contribution in [1.29, 1.82) is 0 Å². The van der Waals surface area contributed by atoms with Crippen LogP contribution in [0.3, 0.4) is 0 Å². The van der Waals surface area contributed by atoms with Crippen LogP contribution in [0, 0.1) is 0 Å². The van der Waals surface area contributed by atoms with Crippen LogP contribution in [0.2, 0.25) is 5.15 Å². The predicted octanol–water partition coefficient (Wildman–Crippen LogP) is 1.30. The van der Waals surface area contributed by atoms with E-state index in [4.69, 9.17) is 11.6 Å². The molecule has 0 atom stereocenters. The number of hydrogen-bond donors (Lipinski definition) is 0. The molecule has 16 heavy (non-hydrogen) atoms. The first-order valence-corrected chi connectivity index (χ1v) is 6.21. The quantitative estimate of drug-likeness (QED) is 0.760. The molecule has 2 heterocycles. The van der Waals surface area contributed by atoms with Gasteiger partial charge in [0.15, 0.2) is 16.0 Å². The van der Waals surface area contributed by atoms with Crippen molar-refractivity contribution >= 4 is 34.4 Å². The lowest BCUT2D eigenvalue weighted by atomic mass is 10.4. The lowest BCUT2D eigenvalue weighted by Gasteiger charge is -2.16. The summed E-state index contributed by atoms with van der Waals surface area (Å²) in [5, 5.41) is 0.826. The van der Waals surface area contributed by atoms with Gasteiger partial charge in [-0.2, -0.15) is 0 Å². The van der Waals surface area contributed by atoms with E-state index >= 15 is 0 Å². The molecule has 5 nitrogen and oxygen atoms in total. The predicted molar refractivity (Wildman–Crippen MR) is 63.9 cm³/mol. The minimum Gasteiger partial charge on any atom is -0.284 e. The van der Waals surface area contributed by atoms with E-state index in [0.29, 0.717) is 18.3 Å². The minimum atomic E-state index is -0.247. The Hall–Kier alpha value is -1.14. The molecule has 1 aromatic heterocycles. The van der Waals surface area contributed by atoms with Crippen molar-refractivity contribution in [2.75, 3.05) is 19.3 Å². The summed E-state index contributed by atoms with van der Waals surface area (Å²) in [6, 6.07) is 0. The van der Waals surface area contributed by atoms with Crippen molar-refractivity contribution in [3.63, 3.8) is 0 Å². The first kappa shape index (κ1) is 11.3. The van der Waals surface area contributed by atoms with E-state index < -0.39 is 0 Å². The number of aromatic nitrogens is 2. The van der Waals surface area contributed by atoms with Crippen LogP contribution >= 0.6 is 23.4 Å². The number of carbonyl (C=O) groups excluding carboxylic acids is 1. The summed E-state index contributed by atoms with van der Waals surface area (Å²) in [5.41, 5.74) is 0.174. The van der Waals surface area contributed by atoms with E-state index in [9.17, 15) is 4.79 Å². The van der Waals surface area contributed by atoms with E-state index in [1.165, 1.54) is 24.2 Å². The third-order valence-electron chi connectivity index (χ3n) is 2.09. The molecule has 0 bridgehead atoms. The Labute approximate surface area is 102 Å². The van der Waals surface area contributed by atoms with Gasteiger partial charge in [-0.05, 0) is 6.26 Å². The highest BCUT2D eigenvalue weighted by molar-refractivity contribution is 8.13. The lowest BCUT2D eigenvalue weighted by molar-refractivity contribution is 0.0855. The topological polar surface area (TPSA) is 58.5 Å². The number of amides is 1. The molecule has 2 rings (SSSR count). The maximum atomic E-state index is 12.1. The summed E-state index contributed by atoms with van der Waals surface area (Å²) >= 11 is 7.25. The summed E-state index contributed by atoms with van der Waals surface area (Å²) in [7, 11) is 0. The fourth-order valence-electron chi connectivity index (χ4n) is 1.38. The van der Waals surface area contributed by atoms with Crippen molar-refractivity contribution in [1.82, 2.24) is 14.9 Å². The van der Waals surface area contributed by atoms with Crippen LogP contribution in [0.1, 0.15) is 10.5 Å². The molecule has 0 unspecified atom stereocenters. The Bertz CT molecular complexity index is 451. The number of rotatable bonds is 1. The van der Waals surface area contributed by atoms with Gasteiger partial charge in [0.25, 0.3) is 5.91 Å². The lowest BCUT2D eigenvalue weighted by Crippen LogP contribution is -2.33. The van der Waals surface area contributed by atoms with Crippen LogP contribution in [0.25, 0.3) is 0 Å². The highest BCUT2D eigenvalue weighted by Gasteiger charge is 2.26. The Morgan fingerprint density at radius 1 is 1.50 bits per heavy atom. The number of hydrogen-bond acceptors (Lipinski definition) is 5. The van der Waals surface area contributed by atoms with Crippen LogP contribution in [0.15, 0.2) is 17.4 Å². The average molecular weight is 257 g/mol. The van der Waals surface area contributed by atoms with E-state index in [0.717, 1.165) is 0 Å². The van der Waals surface area contributed by atoms with E-state index in [2.05, 4.69) is 15.0 Å². The maximum Gasteiger partial charge on any atom is 0.281 e. The Morgan fingerprint density at radius 3 is 2.94 bits per heavy atom. The molecule has 0 saturated heterocycles. The Balaban J connectivity index is 2.27. The third kappa shape index (κ3) is 2.03. The highest BCUT2D eigenvalue weighted by atomic mass is 35.5. The van der Waals surface area contributed by atoms with Crippen LogP contribution in [-0.2, 0) is 0 Å². The average Bonchev–Trinajstić information content (AvgIpc) is 2.77. The van der Waals surface area contributed by atoms with Crippen molar-refractivity contribution in [2.45, 2.75) is 0 Å². The zero-order valence-corrected chi connectivity index (χ0v) is 10.1. The van der Waals surface area contributed by atoms with E-state index in [1.54, 1.807) is 4.90 Å². The Kier molecular flexibility index (Phi) is 3.40. The number of thioether (sulfide) groups is 1. The first-order chi connectivity index (χ1) is 7.74. The summed E-state index contributed by atoms with van der Waals surface area (Å²) in [4.78, 5) is 25.6. The molecule has 0 spiro atoms. The second kappa shape index (κ2) is 4.80. The smallest absolute Gasteiger partial charge is 0.281 e. The van der Waals surface area contributed by atoms with Crippen molar-refractivity contribution in [3.05, 3.63) is 23.2 Å². The van der Waals surface area contributed by atoms with Gasteiger partial charge in [-0.25, -0.2) is 9.97 Å². The molecule has 7 heteroatoms. The molecule has 0 radical (unpaired) electrons. The molecule has 84 valence electrons. The van der Waals surface area contributed by atoms with Gasteiger partial charge >= 0.3 is 0 Å². The van der Waals surface area contributed by atoms with Gasteiger partial charge in [0.1, 0.15) is 0 Å². The van der Waals surface area contributed by atoms with Gasteiger partial charge < -0.3 is 0 Å². The maximum absolute atomic E-state index is 12.1. The first-order valence-electron chi connectivity index (χ1n) is 4.61. The number of carbonyl (C=O) groups is 1. The molecule has 0 aliphatic carbocycles. The normalized spacial score (nSPS) is 15.1. The fraction of sp³-hybridized carbons (Fsp3) is 0.333. The highest BCUT2D eigenvalue weighted by Crippen LogP contribution is 2.17. The second-order valence-electron chi connectivity index (χ2n) is 3.02. The summed E-state index contributed by atoms with van der Waals surface area (Å²) in [6.07, 6.45) is 4.78. The molecular formula is C9H9ClN4OS. The zero-order valence-electron chi connectivity index (χ0n) is 8.55. The molecule has 0 N–H and O–H groups in total. The van der Waals surface area contributed by atoms with E-state index in [-0.39, 0.29) is 16.8 Å². The summed E-state index contributed by atoms with van der Waals surface area (Å²) in [6.45, 7) is 1.20. The second-order valence-corrected chi connectivity index (χ2v) is 4.15. The number of nitrogens with zero attached hydrogens (tertiary/aromatic N) is 4. The van der Waals surface area contributed by atoms with E-state index in [1.807, 2.05) is 6.26 Å². The molecule has 1 aliphatic heterocycles. The van der Waals surface area contributed by atoms with Gasteiger partial charge in [0.2, 0.25) is 0 Å². The molecular weight excluding hydrogens is 248 g/mol. The fourth-order valence-corrected chi connectivity index (χ4v) is 2.18. The largest absolute Gasteiger partial charge is 0.284 e. The zero-order chi connectivity index (χ0) is 11.5. The summed E-state index contributed by atoms with van der Waals surface area (Å²) < 4.78 is 0. The number of amidine groups is 1. The standard InChI is InChI=1S/C9H9ClN4OS/c1-16-9-13-4-5-14(9)8(15)6-7(10)12-3-2-11-6/h2-3H,4-5H2,1H3. The summed E-state index contributed by atoms with van der Waals surface area (Å²) in [5.74, 6) is -0.247. The van der Waals surface area contributed by atoms with Gasteiger partial charge in [-0.1, -0.05) is 23.4 Å². The molecule has 0 fully saturated rings. The number of aliphatic imine (C=N–C) groups is 1. The van der Waals surface area contributed by atoms with Gasteiger partial charge in [-0.15, -0.1) is 0 Å². The Morgan fingerprint density at radius 2 is 2.25 bits per heavy atom.